The maximum Gasteiger partial charge on any atom is 0.408 e. The lowest BCUT2D eigenvalue weighted by atomic mass is 10.0. The van der Waals surface area contributed by atoms with E-state index in [0.29, 0.717) is 19.4 Å². The van der Waals surface area contributed by atoms with Gasteiger partial charge in [-0.1, -0.05) is 121 Å². The van der Waals surface area contributed by atoms with Gasteiger partial charge < -0.3 is 36.1 Å². The van der Waals surface area contributed by atoms with Crippen LogP contribution < -0.4 is 26.6 Å². The Balaban J connectivity index is 1.26. The third-order valence-electron chi connectivity index (χ3n) is 8.51. The Morgan fingerprint density at radius 1 is 0.536 bits per heavy atom. The molecule has 0 heterocycles. The van der Waals surface area contributed by atoms with Crippen molar-refractivity contribution in [3.63, 3.8) is 0 Å². The van der Waals surface area contributed by atoms with Crippen LogP contribution in [0.1, 0.15) is 45.5 Å². The summed E-state index contributed by atoms with van der Waals surface area (Å²) in [4.78, 5) is 65.3. The molecule has 0 aromatic heterocycles. The van der Waals surface area contributed by atoms with Crippen molar-refractivity contribution in [3.8, 4) is 0 Å². The van der Waals surface area contributed by atoms with Crippen LogP contribution in [-0.4, -0.2) is 49.0 Å². The molecule has 5 N–H and O–H groups in total. The van der Waals surface area contributed by atoms with Crippen LogP contribution in [0.2, 0.25) is 0 Å². The molecule has 0 spiro atoms. The predicted molar refractivity (Wildman–Crippen MR) is 214 cm³/mol. The zero-order valence-corrected chi connectivity index (χ0v) is 30.9. The molecule has 0 unspecified atom stereocenters. The molecule has 1 atom stereocenters. The first kappa shape index (κ1) is 40.2. The predicted octanol–water partition coefficient (Wildman–Crippen LogP) is 6.78. The first-order chi connectivity index (χ1) is 27.3. The molecule has 56 heavy (non-hydrogen) atoms. The molecular formula is C44H45N5O7. The van der Waals surface area contributed by atoms with Crippen LogP contribution in [0.5, 0.6) is 0 Å². The highest BCUT2D eigenvalue weighted by molar-refractivity contribution is 6.02. The van der Waals surface area contributed by atoms with Crippen LogP contribution in [0.15, 0.2) is 140 Å². The average molecular weight is 756 g/mol. The second-order valence-corrected chi connectivity index (χ2v) is 12.9. The topological polar surface area (TPSA) is 164 Å². The second-order valence-electron chi connectivity index (χ2n) is 12.9. The van der Waals surface area contributed by atoms with Gasteiger partial charge in [0, 0.05) is 23.5 Å². The summed E-state index contributed by atoms with van der Waals surface area (Å²) in [6.45, 7) is 0.0239. The number of carbonyl (C=O) groups excluding carboxylic acids is 5. The molecule has 5 rings (SSSR count). The smallest absolute Gasteiger partial charge is 0.408 e. The van der Waals surface area contributed by atoms with Crippen molar-refractivity contribution in [1.82, 2.24) is 16.0 Å². The Kier molecular flexibility index (Phi) is 15.6. The molecule has 0 aliphatic heterocycles. The van der Waals surface area contributed by atoms with Gasteiger partial charge in [-0.05, 0) is 66.1 Å². The summed E-state index contributed by atoms with van der Waals surface area (Å²) < 4.78 is 10.6. The second kappa shape index (κ2) is 21.7. The van der Waals surface area contributed by atoms with Gasteiger partial charge in [0.1, 0.15) is 25.8 Å². The molecule has 0 fully saturated rings. The summed E-state index contributed by atoms with van der Waals surface area (Å²) in [5, 5.41) is 13.5. The summed E-state index contributed by atoms with van der Waals surface area (Å²) >= 11 is 0. The van der Waals surface area contributed by atoms with E-state index in [-0.39, 0.29) is 36.6 Å². The van der Waals surface area contributed by atoms with Crippen molar-refractivity contribution < 1.29 is 33.4 Å². The van der Waals surface area contributed by atoms with E-state index in [9.17, 15) is 24.0 Å². The summed E-state index contributed by atoms with van der Waals surface area (Å²) in [7, 11) is 0. The number of carbonyl (C=O) groups is 5. The van der Waals surface area contributed by atoms with Crippen molar-refractivity contribution in [1.29, 1.82) is 0 Å². The van der Waals surface area contributed by atoms with Gasteiger partial charge in [-0.3, -0.25) is 14.4 Å². The third-order valence-corrected chi connectivity index (χ3v) is 8.51. The summed E-state index contributed by atoms with van der Waals surface area (Å²) in [6.07, 6.45) is 0.630. The molecule has 0 saturated carbocycles. The minimum Gasteiger partial charge on any atom is -0.445 e. The van der Waals surface area contributed by atoms with Crippen LogP contribution >= 0.6 is 0 Å². The quantitative estimate of drug-likeness (QED) is 0.0616. The lowest BCUT2D eigenvalue weighted by Gasteiger charge is -2.19. The van der Waals surface area contributed by atoms with E-state index in [1.807, 2.05) is 121 Å². The van der Waals surface area contributed by atoms with Gasteiger partial charge in [0.25, 0.3) is 5.91 Å². The number of anilines is 2. The molecule has 0 saturated heterocycles. The van der Waals surface area contributed by atoms with Crippen molar-refractivity contribution in [2.75, 3.05) is 23.7 Å². The number of ether oxygens (including phenoxy) is 2. The van der Waals surface area contributed by atoms with E-state index in [0.717, 1.165) is 28.7 Å². The number of hydrogen-bond donors (Lipinski definition) is 5. The van der Waals surface area contributed by atoms with Crippen molar-refractivity contribution in [3.05, 3.63) is 167 Å². The Morgan fingerprint density at radius 3 is 1.61 bits per heavy atom. The normalized spacial score (nSPS) is 11.0. The molecule has 5 aromatic carbocycles. The molecule has 0 aliphatic carbocycles. The van der Waals surface area contributed by atoms with Gasteiger partial charge >= 0.3 is 12.2 Å². The summed E-state index contributed by atoms with van der Waals surface area (Å²) in [5.74, 6) is -1.57. The molecule has 5 aromatic rings. The van der Waals surface area contributed by atoms with Crippen molar-refractivity contribution in [2.24, 2.45) is 0 Å². The van der Waals surface area contributed by atoms with Gasteiger partial charge in [-0.15, -0.1) is 0 Å². The van der Waals surface area contributed by atoms with Gasteiger partial charge in [0.15, 0.2) is 0 Å². The number of amides is 5. The monoisotopic (exact) mass is 755 g/mol. The summed E-state index contributed by atoms with van der Waals surface area (Å²) in [6, 6.07) is 41.1. The fraction of sp³-hybridized carbons (Fsp3) is 0.205. The minimum absolute atomic E-state index is 0.0187. The Hall–Kier alpha value is -6.95. The highest BCUT2D eigenvalue weighted by Gasteiger charge is 2.23. The first-order valence-electron chi connectivity index (χ1n) is 18.3. The highest BCUT2D eigenvalue weighted by Crippen LogP contribution is 2.21. The molecule has 288 valence electrons. The largest absolute Gasteiger partial charge is 0.445 e. The number of alkyl carbamates (subject to hydrolysis) is 2. The van der Waals surface area contributed by atoms with Gasteiger partial charge in [0.2, 0.25) is 11.8 Å². The van der Waals surface area contributed by atoms with Crippen molar-refractivity contribution in [2.45, 2.75) is 44.9 Å². The van der Waals surface area contributed by atoms with Gasteiger partial charge in [-0.25, -0.2) is 9.59 Å². The van der Waals surface area contributed by atoms with Crippen molar-refractivity contribution >= 4 is 41.3 Å². The number of hydrogen-bond acceptors (Lipinski definition) is 7. The fourth-order valence-corrected chi connectivity index (χ4v) is 5.64. The standard InChI is InChI=1S/C44H45N5O7/c50-40(29-46-43(53)55-30-34-18-9-3-10-19-34)47-37-26-36(41(51)45-25-13-22-32-14-5-1-6-15-32)27-38(28-37)48-42(52)39(24-23-33-16-7-2-8-17-33)49-44(54)56-31-35-20-11-4-12-21-35/h1-12,14-21,26-28,39H,13,22-25,29-31H2,(H,45,51)(H,46,53)(H,47,50)(H,48,52)(H,49,54)/t39-/m0/s1. The molecule has 5 amide bonds. The summed E-state index contributed by atoms with van der Waals surface area (Å²) in [5.41, 5.74) is 4.26. The molecule has 0 bridgehead atoms. The maximum absolute atomic E-state index is 13.8. The average Bonchev–Trinajstić information content (AvgIpc) is 3.23. The Bertz CT molecular complexity index is 2030. The number of benzene rings is 5. The Labute approximate surface area is 326 Å². The van der Waals surface area contributed by atoms with Gasteiger partial charge in [-0.2, -0.15) is 0 Å². The highest BCUT2D eigenvalue weighted by atomic mass is 16.6. The molecule has 12 heteroatoms. The van der Waals surface area contributed by atoms with E-state index in [4.69, 9.17) is 9.47 Å². The lowest BCUT2D eigenvalue weighted by molar-refractivity contribution is -0.118. The van der Waals surface area contributed by atoms with E-state index in [1.54, 1.807) is 0 Å². The molecule has 12 nitrogen and oxygen atoms in total. The van der Waals surface area contributed by atoms with E-state index in [1.165, 1.54) is 18.2 Å². The van der Waals surface area contributed by atoms with Crippen LogP contribution in [0.3, 0.4) is 0 Å². The zero-order valence-electron chi connectivity index (χ0n) is 30.9. The number of rotatable bonds is 18. The van der Waals surface area contributed by atoms with E-state index < -0.39 is 42.5 Å². The number of nitrogens with one attached hydrogen (secondary N) is 5. The van der Waals surface area contributed by atoms with Gasteiger partial charge in [0.05, 0.1) is 0 Å². The lowest BCUT2D eigenvalue weighted by Crippen LogP contribution is -2.44. The molecular weight excluding hydrogens is 711 g/mol. The zero-order chi connectivity index (χ0) is 39.4. The fourth-order valence-electron chi connectivity index (χ4n) is 5.64. The van der Waals surface area contributed by atoms with Crippen LogP contribution in [0.25, 0.3) is 0 Å². The first-order valence-corrected chi connectivity index (χ1v) is 18.3. The van der Waals surface area contributed by atoms with E-state index >= 15 is 0 Å². The minimum atomic E-state index is -1.02. The molecule has 0 aliphatic rings. The third kappa shape index (κ3) is 14.1. The van der Waals surface area contributed by atoms with E-state index in [2.05, 4.69) is 26.6 Å². The molecule has 0 radical (unpaired) electrons. The van der Waals surface area contributed by atoms with Crippen LogP contribution in [-0.2, 0) is 45.1 Å². The van der Waals surface area contributed by atoms with Crippen LogP contribution in [0.4, 0.5) is 21.0 Å². The number of aryl methyl sites for hydroxylation is 2. The maximum atomic E-state index is 13.8. The Morgan fingerprint density at radius 2 is 1.04 bits per heavy atom. The SMILES string of the molecule is O=C(CNC(=O)OCc1ccccc1)Nc1cc(NC(=O)[C@H](CCc2ccccc2)NC(=O)OCc2ccccc2)cc(C(=O)NCCCc2ccccc2)c1. The van der Waals surface area contributed by atoms with Crippen LogP contribution in [0, 0.1) is 0 Å².